The van der Waals surface area contributed by atoms with Gasteiger partial charge in [0.2, 0.25) is 11.8 Å². The quantitative estimate of drug-likeness (QED) is 0.378. The molecule has 0 saturated carbocycles. The molecule has 0 aliphatic rings. The lowest BCUT2D eigenvalue weighted by Crippen LogP contribution is -2.18. The van der Waals surface area contributed by atoms with Crippen molar-refractivity contribution in [3.63, 3.8) is 0 Å². The minimum Gasteiger partial charge on any atom is -0.326 e. The monoisotopic (exact) mass is 541 g/mol. The molecule has 0 bridgehead atoms. The van der Waals surface area contributed by atoms with Crippen molar-refractivity contribution in [3.05, 3.63) is 62.8 Å². The van der Waals surface area contributed by atoms with Gasteiger partial charge >= 0.3 is 0 Å². The number of hydrogen-bond acceptors (Lipinski definition) is 5. The highest BCUT2D eigenvalue weighted by molar-refractivity contribution is 9.10. The summed E-state index contributed by atoms with van der Waals surface area (Å²) in [5.74, 6) is 0.251. The summed E-state index contributed by atoms with van der Waals surface area (Å²) in [6.45, 7) is 2.50. The molecule has 0 aliphatic carbocycles. The van der Waals surface area contributed by atoms with Crippen molar-refractivity contribution in [2.75, 3.05) is 16.4 Å². The Hall–Kier alpha value is -2.07. The lowest BCUT2D eigenvalue weighted by molar-refractivity contribution is -0.116. The van der Waals surface area contributed by atoms with Gasteiger partial charge in [0.1, 0.15) is 5.82 Å². The van der Waals surface area contributed by atoms with Gasteiger partial charge in [-0.3, -0.25) is 9.59 Å². The summed E-state index contributed by atoms with van der Waals surface area (Å²) in [6, 6.07) is 12.0. The van der Waals surface area contributed by atoms with E-state index in [9.17, 15) is 9.59 Å². The van der Waals surface area contributed by atoms with Crippen LogP contribution < -0.4 is 10.6 Å². The highest BCUT2D eigenvalue weighted by Gasteiger charge is 2.16. The molecule has 2 N–H and O–H groups in total. The topological polar surface area (TPSA) is 88.9 Å². The summed E-state index contributed by atoms with van der Waals surface area (Å²) in [5.41, 5.74) is 1.26. The van der Waals surface area contributed by atoms with E-state index in [1.165, 1.54) is 11.8 Å². The Balaban J connectivity index is 1.57. The van der Waals surface area contributed by atoms with Gasteiger partial charge in [0, 0.05) is 27.4 Å². The van der Waals surface area contributed by atoms with Gasteiger partial charge in [0.25, 0.3) is 0 Å². The van der Waals surface area contributed by atoms with Crippen LogP contribution in [0.2, 0.25) is 10.0 Å². The zero-order valence-corrected chi connectivity index (χ0v) is 20.3. The molecule has 2 aromatic carbocycles. The van der Waals surface area contributed by atoms with E-state index in [-0.39, 0.29) is 24.0 Å². The second-order valence-electron chi connectivity index (χ2n) is 6.34. The van der Waals surface area contributed by atoms with Gasteiger partial charge in [-0.05, 0) is 65.3 Å². The molecule has 0 radical (unpaired) electrons. The standard InChI is InChI=1S/C20H18BrCl2N5O2S/c1-2-28-17(10-18(29)24-13-5-3-12(22)4-6-13)26-27-20(28)31-11-19(30)25-14-7-8-15(21)16(23)9-14/h3-9H,2,10-11H2,1H3,(H,24,29)(H,25,30). The summed E-state index contributed by atoms with van der Waals surface area (Å²) >= 11 is 16.5. The van der Waals surface area contributed by atoms with E-state index in [4.69, 9.17) is 23.2 Å². The molecule has 0 spiro atoms. The van der Waals surface area contributed by atoms with Crippen LogP contribution in [0.1, 0.15) is 12.7 Å². The van der Waals surface area contributed by atoms with Gasteiger partial charge in [-0.2, -0.15) is 0 Å². The van der Waals surface area contributed by atoms with Gasteiger partial charge in [-0.25, -0.2) is 0 Å². The van der Waals surface area contributed by atoms with Crippen LogP contribution in [-0.2, 0) is 22.6 Å². The third-order valence-electron chi connectivity index (χ3n) is 4.09. The highest BCUT2D eigenvalue weighted by atomic mass is 79.9. The van der Waals surface area contributed by atoms with Crippen molar-refractivity contribution in [2.24, 2.45) is 0 Å². The molecule has 11 heteroatoms. The fraction of sp³-hybridized carbons (Fsp3) is 0.200. The van der Waals surface area contributed by atoms with Crippen molar-refractivity contribution in [1.82, 2.24) is 14.8 Å². The predicted octanol–water partition coefficient (Wildman–Crippen LogP) is 5.28. The Kier molecular flexibility index (Phi) is 8.36. The maximum absolute atomic E-state index is 12.4. The Bertz CT molecular complexity index is 1090. The molecule has 7 nitrogen and oxygen atoms in total. The number of halogens is 3. The van der Waals surface area contributed by atoms with Gasteiger partial charge < -0.3 is 15.2 Å². The van der Waals surface area contributed by atoms with E-state index >= 15 is 0 Å². The third-order valence-corrected chi connectivity index (χ3v) is 6.54. The number of nitrogens with zero attached hydrogens (tertiary/aromatic N) is 3. The molecule has 162 valence electrons. The van der Waals surface area contributed by atoms with Crippen LogP contribution in [-0.4, -0.2) is 32.3 Å². The first kappa shape index (κ1) is 23.6. The second-order valence-corrected chi connectivity index (χ2v) is 8.98. The Labute approximate surface area is 202 Å². The maximum Gasteiger partial charge on any atom is 0.234 e. The number of amides is 2. The molecular weight excluding hydrogens is 525 g/mol. The summed E-state index contributed by atoms with van der Waals surface area (Å²) in [5, 5.41) is 15.5. The number of rotatable bonds is 8. The minimum absolute atomic E-state index is 0.0631. The zero-order valence-electron chi connectivity index (χ0n) is 16.4. The highest BCUT2D eigenvalue weighted by Crippen LogP contribution is 2.26. The third kappa shape index (κ3) is 6.70. The van der Waals surface area contributed by atoms with Gasteiger partial charge in [0.05, 0.1) is 17.2 Å². The SMILES string of the molecule is CCn1c(CC(=O)Nc2ccc(Cl)cc2)nnc1SCC(=O)Nc1ccc(Br)c(Cl)c1. The van der Waals surface area contributed by atoms with Gasteiger partial charge in [-0.1, -0.05) is 35.0 Å². The number of aromatic nitrogens is 3. The average Bonchev–Trinajstić information content (AvgIpc) is 3.12. The summed E-state index contributed by atoms with van der Waals surface area (Å²) in [7, 11) is 0. The average molecular weight is 543 g/mol. The smallest absolute Gasteiger partial charge is 0.234 e. The van der Waals surface area contributed by atoms with Crippen LogP contribution in [0.4, 0.5) is 11.4 Å². The molecule has 1 heterocycles. The first-order chi connectivity index (χ1) is 14.9. The van der Waals surface area contributed by atoms with Crippen LogP contribution in [0.15, 0.2) is 52.1 Å². The second kappa shape index (κ2) is 11.0. The van der Waals surface area contributed by atoms with Crippen molar-refractivity contribution in [1.29, 1.82) is 0 Å². The first-order valence-corrected chi connectivity index (χ1v) is 11.7. The molecular formula is C20H18BrCl2N5O2S. The number of carbonyl (C=O) groups excluding carboxylic acids is 2. The van der Waals surface area contributed by atoms with Gasteiger partial charge in [0.15, 0.2) is 5.16 Å². The van der Waals surface area contributed by atoms with Crippen molar-refractivity contribution >= 4 is 74.1 Å². The Morgan fingerprint density at radius 3 is 2.39 bits per heavy atom. The first-order valence-electron chi connectivity index (χ1n) is 9.21. The fourth-order valence-electron chi connectivity index (χ4n) is 2.66. The molecule has 0 aliphatic heterocycles. The van der Waals surface area contributed by atoms with E-state index < -0.39 is 0 Å². The zero-order chi connectivity index (χ0) is 22.4. The largest absolute Gasteiger partial charge is 0.326 e. The summed E-state index contributed by atoms with van der Waals surface area (Å²) in [4.78, 5) is 24.6. The number of thioether (sulfide) groups is 1. The molecule has 31 heavy (non-hydrogen) atoms. The summed E-state index contributed by atoms with van der Waals surface area (Å²) in [6.07, 6.45) is 0.0631. The van der Waals surface area contributed by atoms with E-state index in [2.05, 4.69) is 36.8 Å². The van der Waals surface area contributed by atoms with Crippen LogP contribution in [0.25, 0.3) is 0 Å². The minimum atomic E-state index is -0.217. The van der Waals surface area contributed by atoms with Crippen LogP contribution in [0.3, 0.4) is 0 Å². The maximum atomic E-state index is 12.4. The molecule has 3 rings (SSSR count). The van der Waals surface area contributed by atoms with Crippen LogP contribution >= 0.6 is 50.9 Å². The molecule has 0 unspecified atom stereocenters. The lowest BCUT2D eigenvalue weighted by Gasteiger charge is -2.09. The number of nitrogens with one attached hydrogen (secondary N) is 2. The molecule has 3 aromatic rings. The number of hydrogen-bond donors (Lipinski definition) is 2. The number of carbonyl (C=O) groups is 2. The molecule has 0 atom stereocenters. The number of benzene rings is 2. The van der Waals surface area contributed by atoms with Crippen LogP contribution in [0.5, 0.6) is 0 Å². The summed E-state index contributed by atoms with van der Waals surface area (Å²) < 4.78 is 2.57. The molecule has 0 saturated heterocycles. The normalized spacial score (nSPS) is 10.7. The van der Waals surface area contributed by atoms with E-state index in [0.717, 1.165) is 4.47 Å². The molecule has 1 aromatic heterocycles. The molecule has 0 fully saturated rings. The van der Waals surface area contributed by atoms with Crippen molar-refractivity contribution in [2.45, 2.75) is 25.0 Å². The van der Waals surface area contributed by atoms with Crippen molar-refractivity contribution < 1.29 is 9.59 Å². The van der Waals surface area contributed by atoms with E-state index in [0.29, 0.717) is 38.9 Å². The van der Waals surface area contributed by atoms with E-state index in [1.54, 1.807) is 42.5 Å². The van der Waals surface area contributed by atoms with Gasteiger partial charge in [-0.15, -0.1) is 10.2 Å². The Morgan fingerprint density at radius 2 is 1.71 bits per heavy atom. The fourth-order valence-corrected chi connectivity index (χ4v) is 4.03. The van der Waals surface area contributed by atoms with E-state index in [1.807, 2.05) is 11.5 Å². The van der Waals surface area contributed by atoms with Crippen LogP contribution in [0, 0.1) is 0 Å². The molecule has 2 amide bonds. The predicted molar refractivity (Wildman–Crippen MR) is 128 cm³/mol. The lowest BCUT2D eigenvalue weighted by atomic mass is 10.3. The Morgan fingerprint density at radius 1 is 1.03 bits per heavy atom. The number of anilines is 2. The van der Waals surface area contributed by atoms with Crippen molar-refractivity contribution in [3.8, 4) is 0 Å².